The van der Waals surface area contributed by atoms with Crippen molar-refractivity contribution in [2.24, 2.45) is 5.16 Å². The summed E-state index contributed by atoms with van der Waals surface area (Å²) < 4.78 is 0. The number of oxime groups is 1. The van der Waals surface area contributed by atoms with Gasteiger partial charge in [-0.2, -0.15) is 0 Å². The van der Waals surface area contributed by atoms with E-state index in [1.54, 1.807) is 29.9 Å². The number of thioether (sulfide) groups is 2. The average Bonchev–Trinajstić information content (AvgIpc) is 3.65. The van der Waals surface area contributed by atoms with Crippen molar-refractivity contribution in [3.63, 3.8) is 0 Å². The predicted octanol–water partition coefficient (Wildman–Crippen LogP) is 2.65. The highest BCUT2D eigenvalue weighted by Crippen LogP contribution is 2.43. The number of hydrogen-bond donors (Lipinski definition) is 3. The van der Waals surface area contributed by atoms with E-state index in [1.165, 1.54) is 33.8 Å². The Bertz CT molecular complexity index is 1440. The van der Waals surface area contributed by atoms with Crippen molar-refractivity contribution in [2.45, 2.75) is 30.4 Å². The SMILES string of the molecule is O=CNc1nc(C(=NOC2C=CCC2)C(=O)NC2C(=O)N3C(C(=O)O)=C(SC=Cc4cccnc4)CS[C@@H]23)cs1. The number of aromatic nitrogens is 2. The van der Waals surface area contributed by atoms with E-state index in [0.29, 0.717) is 23.5 Å². The van der Waals surface area contributed by atoms with Gasteiger partial charge in [0, 0.05) is 28.4 Å². The molecule has 3 atom stereocenters. The van der Waals surface area contributed by atoms with Gasteiger partial charge in [0.05, 0.1) is 0 Å². The number of anilines is 1. The Hall–Kier alpha value is -3.95. The number of carbonyl (C=O) groups excluding carboxylic acids is 3. The summed E-state index contributed by atoms with van der Waals surface area (Å²) in [5.74, 6) is -2.13. The first-order chi connectivity index (χ1) is 19.5. The Kier molecular flexibility index (Phi) is 8.62. The minimum absolute atomic E-state index is 0.102. The first-order valence-electron chi connectivity index (χ1n) is 12.0. The molecule has 40 heavy (non-hydrogen) atoms. The van der Waals surface area contributed by atoms with E-state index >= 15 is 0 Å². The van der Waals surface area contributed by atoms with Gasteiger partial charge in [0.25, 0.3) is 11.8 Å². The number of carboxylic acid groups (broad SMARTS) is 1. The fourth-order valence-corrected chi connectivity index (χ4v) is 7.09. The topological polar surface area (TPSA) is 163 Å². The van der Waals surface area contributed by atoms with E-state index in [0.717, 1.165) is 23.3 Å². The van der Waals surface area contributed by atoms with Gasteiger partial charge in [-0.15, -0.1) is 23.1 Å². The van der Waals surface area contributed by atoms with Crippen LogP contribution >= 0.6 is 34.9 Å². The molecule has 1 fully saturated rings. The minimum Gasteiger partial charge on any atom is -0.477 e. The van der Waals surface area contributed by atoms with E-state index in [1.807, 2.05) is 18.2 Å². The molecule has 4 heterocycles. The van der Waals surface area contributed by atoms with Crippen LogP contribution in [0.4, 0.5) is 5.13 Å². The summed E-state index contributed by atoms with van der Waals surface area (Å²) in [7, 11) is 0. The van der Waals surface area contributed by atoms with Crippen molar-refractivity contribution < 1.29 is 29.1 Å². The molecular formula is C25H22N6O6S3. The lowest BCUT2D eigenvalue weighted by Gasteiger charge is -2.49. The van der Waals surface area contributed by atoms with E-state index < -0.39 is 29.2 Å². The maximum atomic E-state index is 13.3. The molecule has 3 aliphatic rings. The molecule has 1 saturated heterocycles. The molecule has 0 bridgehead atoms. The van der Waals surface area contributed by atoms with Crippen LogP contribution < -0.4 is 10.6 Å². The second-order valence-corrected chi connectivity index (χ2v) is 11.5. The highest BCUT2D eigenvalue weighted by Gasteiger charge is 2.54. The first kappa shape index (κ1) is 27.6. The van der Waals surface area contributed by atoms with Gasteiger partial charge in [-0.25, -0.2) is 9.78 Å². The van der Waals surface area contributed by atoms with Crippen LogP contribution in [0.3, 0.4) is 0 Å². The number of hydrogen-bond acceptors (Lipinski definition) is 11. The molecule has 12 nitrogen and oxygen atoms in total. The lowest BCUT2D eigenvalue weighted by molar-refractivity contribution is -0.150. The smallest absolute Gasteiger partial charge is 0.353 e. The summed E-state index contributed by atoms with van der Waals surface area (Å²) in [5.41, 5.74) is 0.762. The van der Waals surface area contributed by atoms with Crippen LogP contribution in [0, 0.1) is 0 Å². The van der Waals surface area contributed by atoms with Crippen molar-refractivity contribution in [1.82, 2.24) is 20.2 Å². The van der Waals surface area contributed by atoms with Crippen LogP contribution in [-0.4, -0.2) is 73.2 Å². The van der Waals surface area contributed by atoms with Gasteiger partial charge < -0.3 is 20.6 Å². The van der Waals surface area contributed by atoms with Crippen molar-refractivity contribution in [1.29, 1.82) is 0 Å². The number of fused-ring (bicyclic) bond motifs is 1. The fraction of sp³-hybridized carbons (Fsp3) is 0.240. The molecule has 15 heteroatoms. The summed E-state index contributed by atoms with van der Waals surface area (Å²) in [6.45, 7) is 0. The van der Waals surface area contributed by atoms with Crippen molar-refractivity contribution in [3.05, 3.63) is 69.3 Å². The number of rotatable bonds is 11. The lowest BCUT2D eigenvalue weighted by Crippen LogP contribution is -2.71. The Morgan fingerprint density at radius 3 is 2.95 bits per heavy atom. The second-order valence-electron chi connectivity index (χ2n) is 8.53. The third-order valence-corrected chi connectivity index (χ3v) is 9.10. The largest absolute Gasteiger partial charge is 0.477 e. The number of carbonyl (C=O) groups is 4. The number of nitrogens with zero attached hydrogens (tertiary/aromatic N) is 4. The zero-order valence-electron chi connectivity index (χ0n) is 20.6. The Morgan fingerprint density at radius 1 is 1.35 bits per heavy atom. The number of amides is 3. The zero-order valence-corrected chi connectivity index (χ0v) is 23.1. The molecule has 2 aliphatic heterocycles. The lowest BCUT2D eigenvalue weighted by atomic mass is 10.0. The number of β-lactam (4-membered cyclic amide) rings is 1. The third kappa shape index (κ3) is 5.95. The average molecular weight is 599 g/mol. The van der Waals surface area contributed by atoms with E-state index in [4.69, 9.17) is 4.84 Å². The van der Waals surface area contributed by atoms with Crippen LogP contribution in [0.25, 0.3) is 6.08 Å². The van der Waals surface area contributed by atoms with Gasteiger partial charge >= 0.3 is 5.97 Å². The predicted molar refractivity (Wildman–Crippen MR) is 152 cm³/mol. The highest BCUT2D eigenvalue weighted by molar-refractivity contribution is 8.08. The van der Waals surface area contributed by atoms with Crippen LogP contribution in [-0.2, 0) is 24.0 Å². The molecule has 206 valence electrons. The first-order valence-corrected chi connectivity index (χ1v) is 14.8. The van der Waals surface area contributed by atoms with Crippen LogP contribution in [0.5, 0.6) is 0 Å². The molecule has 0 radical (unpaired) electrons. The van der Waals surface area contributed by atoms with Crippen molar-refractivity contribution in [2.75, 3.05) is 11.1 Å². The summed E-state index contributed by atoms with van der Waals surface area (Å²) in [4.78, 5) is 64.8. The third-order valence-electron chi connectivity index (χ3n) is 5.97. The number of thiazole rings is 1. The van der Waals surface area contributed by atoms with Gasteiger partial charge in [-0.1, -0.05) is 29.1 Å². The van der Waals surface area contributed by atoms with Gasteiger partial charge in [0.2, 0.25) is 6.41 Å². The van der Waals surface area contributed by atoms with Crippen molar-refractivity contribution >= 4 is 76.0 Å². The van der Waals surface area contributed by atoms with Gasteiger partial charge in [0.15, 0.2) is 10.8 Å². The number of allylic oxidation sites excluding steroid dienone is 1. The molecule has 2 unspecified atom stereocenters. The van der Waals surface area contributed by atoms with Crippen molar-refractivity contribution in [3.8, 4) is 0 Å². The molecule has 5 rings (SSSR count). The standard InChI is InChI=1S/C25H22N6O6S3/c32-13-27-25-28-16(11-40-25)18(30-37-15-5-1-2-6-15)21(33)29-19-22(34)31-20(24(35)36)17(12-39-23(19)31)38-9-7-14-4-3-8-26-10-14/h1,3-5,7-11,13,15,19,23H,2,6,12H2,(H,29,33)(H,35,36)(H,27,28,32)/t15?,19?,23-/m0/s1. The molecule has 1 aliphatic carbocycles. The quantitative estimate of drug-likeness (QED) is 0.115. The molecule has 2 aromatic heterocycles. The number of nitrogens with one attached hydrogen (secondary N) is 2. The van der Waals surface area contributed by atoms with Gasteiger partial charge in [-0.05, 0) is 42.0 Å². The maximum Gasteiger partial charge on any atom is 0.353 e. The van der Waals surface area contributed by atoms with Crippen LogP contribution in [0.1, 0.15) is 24.1 Å². The molecule has 0 saturated carbocycles. The molecule has 0 spiro atoms. The Balaban J connectivity index is 1.31. The molecule has 3 amide bonds. The van der Waals surface area contributed by atoms with E-state index in [-0.39, 0.29) is 28.3 Å². The Morgan fingerprint density at radius 2 is 2.23 bits per heavy atom. The summed E-state index contributed by atoms with van der Waals surface area (Å²) in [6, 6.07) is 2.70. The molecule has 0 aromatic carbocycles. The summed E-state index contributed by atoms with van der Waals surface area (Å²) >= 11 is 3.67. The van der Waals surface area contributed by atoms with Crippen LogP contribution in [0.15, 0.2) is 63.2 Å². The minimum atomic E-state index is -1.22. The number of aliphatic carboxylic acids is 1. The van der Waals surface area contributed by atoms with Gasteiger partial charge in [-0.3, -0.25) is 24.3 Å². The van der Waals surface area contributed by atoms with Gasteiger partial charge in [0.1, 0.15) is 28.9 Å². The normalized spacial score (nSPS) is 22.2. The number of pyridine rings is 1. The Labute approximate surface area is 240 Å². The summed E-state index contributed by atoms with van der Waals surface area (Å²) in [5, 5.41) is 22.0. The monoisotopic (exact) mass is 598 g/mol. The zero-order chi connectivity index (χ0) is 28.1. The molecular weight excluding hydrogens is 577 g/mol. The van der Waals surface area contributed by atoms with E-state index in [9.17, 15) is 24.3 Å². The van der Waals surface area contributed by atoms with E-state index in [2.05, 4.69) is 25.8 Å². The highest BCUT2D eigenvalue weighted by atomic mass is 32.2. The second kappa shape index (κ2) is 12.5. The molecule has 3 N–H and O–H groups in total. The fourth-order valence-electron chi connectivity index (χ4n) is 4.08. The molecule has 2 aromatic rings. The summed E-state index contributed by atoms with van der Waals surface area (Å²) in [6.07, 6.45) is 10.6. The number of carboxylic acids is 1. The maximum absolute atomic E-state index is 13.3. The van der Waals surface area contributed by atoms with Crippen LogP contribution in [0.2, 0.25) is 0 Å².